The van der Waals surface area contributed by atoms with E-state index in [-0.39, 0.29) is 46.0 Å². The minimum absolute atomic E-state index is 0.0556. The van der Waals surface area contributed by atoms with E-state index in [2.05, 4.69) is 5.32 Å². The number of halogens is 2. The van der Waals surface area contributed by atoms with E-state index in [4.69, 9.17) is 23.2 Å². The summed E-state index contributed by atoms with van der Waals surface area (Å²) >= 11 is 11.8. The highest BCUT2D eigenvalue weighted by Gasteiger charge is 2.38. The summed E-state index contributed by atoms with van der Waals surface area (Å²) < 4.78 is 27.0. The van der Waals surface area contributed by atoms with Crippen molar-refractivity contribution >= 4 is 50.8 Å². The largest absolute Gasteiger partial charge is 0.342 e. The fourth-order valence-corrected chi connectivity index (χ4v) is 5.04. The first kappa shape index (κ1) is 21.6. The quantitative estimate of drug-likeness (QED) is 0.740. The van der Waals surface area contributed by atoms with Crippen LogP contribution in [0.1, 0.15) is 25.7 Å². The van der Waals surface area contributed by atoms with Gasteiger partial charge in [-0.15, -0.1) is 0 Å². The third kappa shape index (κ3) is 4.73. The van der Waals surface area contributed by atoms with Gasteiger partial charge in [-0.05, 0) is 24.6 Å². The van der Waals surface area contributed by atoms with Crippen molar-refractivity contribution in [3.63, 3.8) is 0 Å². The number of hydrogen-bond acceptors (Lipinski definition) is 5. The van der Waals surface area contributed by atoms with Crippen LogP contribution in [0.15, 0.2) is 35.5 Å². The number of sulfonamides is 1. The minimum Gasteiger partial charge on any atom is -0.342 e. The van der Waals surface area contributed by atoms with Crippen molar-refractivity contribution in [2.75, 3.05) is 13.1 Å². The molecular formula is C18H19Cl2N3O5S. The maximum Gasteiger partial charge on any atom is 0.264 e. The summed E-state index contributed by atoms with van der Waals surface area (Å²) in [6.07, 6.45) is 3.27. The van der Waals surface area contributed by atoms with Gasteiger partial charge in [-0.25, -0.2) is 8.42 Å². The van der Waals surface area contributed by atoms with Crippen LogP contribution >= 0.6 is 23.2 Å². The number of ketones is 1. The molecule has 11 heteroatoms. The number of amides is 2. The zero-order valence-electron chi connectivity index (χ0n) is 15.3. The smallest absolute Gasteiger partial charge is 0.264 e. The summed E-state index contributed by atoms with van der Waals surface area (Å²) in [5.41, 5.74) is 0. The molecule has 1 atom stereocenters. The lowest BCUT2D eigenvalue weighted by molar-refractivity contribution is -0.135. The number of likely N-dealkylation sites (tertiary alicyclic amines) is 1. The lowest BCUT2D eigenvalue weighted by Gasteiger charge is -2.32. The number of hydrogen-bond donors (Lipinski definition) is 1. The first-order valence-corrected chi connectivity index (χ1v) is 11.1. The van der Waals surface area contributed by atoms with E-state index >= 15 is 0 Å². The summed E-state index contributed by atoms with van der Waals surface area (Å²) in [6.45, 7) is 0.662. The predicted molar refractivity (Wildman–Crippen MR) is 107 cm³/mol. The molecule has 2 aliphatic rings. The normalized spacial score (nSPS) is 20.4. The monoisotopic (exact) mass is 459 g/mol. The molecule has 1 saturated heterocycles. The van der Waals surface area contributed by atoms with Gasteiger partial charge in [-0.3, -0.25) is 18.7 Å². The second-order valence-corrected chi connectivity index (χ2v) is 9.39. The molecule has 0 spiro atoms. The van der Waals surface area contributed by atoms with E-state index in [0.717, 1.165) is 4.31 Å². The molecule has 0 bridgehead atoms. The molecule has 0 aromatic heterocycles. The Morgan fingerprint density at radius 2 is 1.90 bits per heavy atom. The van der Waals surface area contributed by atoms with Gasteiger partial charge in [0.05, 0.1) is 21.4 Å². The van der Waals surface area contributed by atoms with Crippen molar-refractivity contribution in [3.05, 3.63) is 40.6 Å². The minimum atomic E-state index is -4.16. The van der Waals surface area contributed by atoms with Crippen LogP contribution in [0.5, 0.6) is 0 Å². The van der Waals surface area contributed by atoms with Gasteiger partial charge in [0, 0.05) is 38.3 Å². The van der Waals surface area contributed by atoms with Crippen molar-refractivity contribution in [1.82, 2.24) is 14.5 Å². The summed E-state index contributed by atoms with van der Waals surface area (Å²) in [6, 6.07) is 2.56. The zero-order chi connectivity index (χ0) is 21.2. The maximum absolute atomic E-state index is 13.1. The standard InChI is InChI=1S/C18H19Cl2N3O5S/c19-14-4-3-13(10-15(14)20)29(27,28)23-9-6-21-18(26)16(23)11-17(25)22-7-1-2-12(24)5-8-22/h3-4,6,9-10,16H,1-2,5,7-8,11H2,(H,21,26). The number of rotatable bonds is 4. The molecule has 1 unspecified atom stereocenters. The summed E-state index contributed by atoms with van der Waals surface area (Å²) in [7, 11) is -4.16. The lowest BCUT2D eigenvalue weighted by Crippen LogP contribution is -2.51. The summed E-state index contributed by atoms with van der Waals surface area (Å²) in [5.74, 6) is -0.915. The van der Waals surface area contributed by atoms with Gasteiger partial charge >= 0.3 is 0 Å². The topological polar surface area (TPSA) is 104 Å². The third-order valence-corrected chi connectivity index (χ3v) is 7.31. The molecule has 0 radical (unpaired) electrons. The predicted octanol–water partition coefficient (Wildman–Crippen LogP) is 1.93. The SMILES string of the molecule is O=C1CCCN(C(=O)CC2C(=O)NC=CN2S(=O)(=O)c2ccc(Cl)c(Cl)c2)CC1. The molecule has 1 N–H and O–H groups in total. The molecule has 1 aromatic carbocycles. The van der Waals surface area contributed by atoms with Crippen molar-refractivity contribution in [2.45, 2.75) is 36.6 Å². The molecule has 0 saturated carbocycles. The van der Waals surface area contributed by atoms with Gasteiger partial charge in [0.1, 0.15) is 11.8 Å². The van der Waals surface area contributed by atoms with Crippen LogP contribution < -0.4 is 5.32 Å². The van der Waals surface area contributed by atoms with Gasteiger partial charge in [0.25, 0.3) is 10.0 Å². The molecule has 2 amide bonds. The summed E-state index contributed by atoms with van der Waals surface area (Å²) in [5, 5.41) is 2.69. The second kappa shape index (κ2) is 8.73. The van der Waals surface area contributed by atoms with Crippen LogP contribution in [-0.4, -0.2) is 54.4 Å². The Bertz CT molecular complexity index is 980. The van der Waals surface area contributed by atoms with Crippen LogP contribution in [0.25, 0.3) is 0 Å². The van der Waals surface area contributed by atoms with Gasteiger partial charge in [-0.2, -0.15) is 0 Å². The number of nitrogens with one attached hydrogen (secondary N) is 1. The van der Waals surface area contributed by atoms with Crippen molar-refractivity contribution in [1.29, 1.82) is 0 Å². The average Bonchev–Trinajstić information content (AvgIpc) is 2.90. The summed E-state index contributed by atoms with van der Waals surface area (Å²) in [4.78, 5) is 38.0. The zero-order valence-corrected chi connectivity index (χ0v) is 17.6. The Morgan fingerprint density at radius 1 is 1.14 bits per heavy atom. The highest BCUT2D eigenvalue weighted by Crippen LogP contribution is 2.29. The Kier molecular flexibility index (Phi) is 6.50. The average molecular weight is 460 g/mol. The van der Waals surface area contributed by atoms with E-state index in [1.54, 1.807) is 0 Å². The van der Waals surface area contributed by atoms with Crippen LogP contribution in [0.2, 0.25) is 10.0 Å². The fourth-order valence-electron chi connectivity index (χ4n) is 3.21. The molecule has 156 valence electrons. The van der Waals surface area contributed by atoms with Crippen molar-refractivity contribution in [2.24, 2.45) is 0 Å². The first-order chi connectivity index (χ1) is 13.7. The molecule has 29 heavy (non-hydrogen) atoms. The number of carbonyl (C=O) groups excluding carboxylic acids is 3. The first-order valence-electron chi connectivity index (χ1n) is 8.95. The Hall–Kier alpha value is -2.10. The molecule has 2 aliphatic heterocycles. The number of Topliss-reactive ketones (excluding diaryl/α,β-unsaturated/α-hetero) is 1. The Labute approximate surface area is 178 Å². The van der Waals surface area contributed by atoms with Crippen LogP contribution in [0.4, 0.5) is 0 Å². The number of nitrogens with zero attached hydrogens (tertiary/aromatic N) is 2. The number of carbonyl (C=O) groups is 3. The molecule has 2 heterocycles. The molecule has 0 aliphatic carbocycles. The van der Waals surface area contributed by atoms with Crippen LogP contribution in [0, 0.1) is 0 Å². The van der Waals surface area contributed by atoms with Crippen molar-refractivity contribution < 1.29 is 22.8 Å². The van der Waals surface area contributed by atoms with E-state index in [9.17, 15) is 22.8 Å². The molecule has 8 nitrogen and oxygen atoms in total. The van der Waals surface area contributed by atoms with Gasteiger partial charge in [0.2, 0.25) is 11.8 Å². The van der Waals surface area contributed by atoms with Gasteiger partial charge in [-0.1, -0.05) is 23.2 Å². The highest BCUT2D eigenvalue weighted by atomic mass is 35.5. The van der Waals surface area contributed by atoms with Gasteiger partial charge in [0.15, 0.2) is 0 Å². The van der Waals surface area contributed by atoms with E-state index < -0.39 is 22.0 Å². The Morgan fingerprint density at radius 3 is 2.62 bits per heavy atom. The second-order valence-electron chi connectivity index (χ2n) is 6.73. The Balaban J connectivity index is 1.85. The van der Waals surface area contributed by atoms with E-state index in [0.29, 0.717) is 19.4 Å². The van der Waals surface area contributed by atoms with Crippen molar-refractivity contribution in [3.8, 4) is 0 Å². The molecule has 1 fully saturated rings. The van der Waals surface area contributed by atoms with Crippen LogP contribution in [0.3, 0.4) is 0 Å². The number of benzene rings is 1. The van der Waals surface area contributed by atoms with Gasteiger partial charge < -0.3 is 10.2 Å². The van der Waals surface area contributed by atoms with E-state index in [1.165, 1.54) is 35.5 Å². The highest BCUT2D eigenvalue weighted by molar-refractivity contribution is 7.89. The van der Waals surface area contributed by atoms with Crippen LogP contribution in [-0.2, 0) is 24.4 Å². The molecule has 3 rings (SSSR count). The maximum atomic E-state index is 13.1. The van der Waals surface area contributed by atoms with E-state index in [1.807, 2.05) is 0 Å². The fraction of sp³-hybridized carbons (Fsp3) is 0.389. The lowest BCUT2D eigenvalue weighted by atomic mass is 10.1. The molecule has 1 aromatic rings. The molecular weight excluding hydrogens is 441 g/mol. The third-order valence-electron chi connectivity index (χ3n) is 4.79.